The normalized spacial score (nSPS) is 12.9. The Hall–Kier alpha value is -8.82. The van der Waals surface area contributed by atoms with Gasteiger partial charge in [-0.3, -0.25) is 4.79 Å². The number of nitrogens with two attached hydrogens (primary N) is 1. The number of aryl methyl sites for hydroxylation is 4. The second-order valence-corrected chi connectivity index (χ2v) is 30.1. The van der Waals surface area contributed by atoms with Gasteiger partial charge in [-0.05, 0) is 213 Å². The van der Waals surface area contributed by atoms with Crippen LogP contribution >= 0.6 is 11.6 Å². The number of aromatic nitrogens is 3. The van der Waals surface area contributed by atoms with Gasteiger partial charge in [0.15, 0.2) is 16.7 Å². The van der Waals surface area contributed by atoms with Crippen molar-refractivity contribution in [1.29, 1.82) is 15.8 Å². The molecular weight excluding hydrogens is 1130 g/mol. The van der Waals surface area contributed by atoms with E-state index in [2.05, 4.69) is 186 Å². The van der Waals surface area contributed by atoms with Gasteiger partial charge in [0, 0.05) is 12.1 Å². The molecule has 12 heteroatoms. The molecule has 2 N–H and O–H groups in total. The Balaban J connectivity index is 0.000000192. The van der Waals surface area contributed by atoms with E-state index in [1.165, 1.54) is 22.3 Å². The number of carbonyl (C=O) groups is 1. The van der Waals surface area contributed by atoms with Crippen LogP contribution in [-0.4, -0.2) is 20.2 Å². The monoisotopic (exact) mass is 1220 g/mol. The van der Waals surface area contributed by atoms with E-state index in [1.54, 1.807) is 12.2 Å². The zero-order valence-corrected chi connectivity index (χ0v) is 57.0. The van der Waals surface area contributed by atoms with Crippen molar-refractivity contribution in [2.24, 2.45) is 16.2 Å². The number of oxazole rings is 3. The number of benzene rings is 6. The Morgan fingerprint density at radius 3 is 1.08 bits per heavy atom. The molecule has 6 aromatic carbocycles. The Kier molecular flexibility index (Phi) is 20.7. The van der Waals surface area contributed by atoms with Crippen LogP contribution in [0, 0.1) is 77.9 Å². The van der Waals surface area contributed by atoms with Crippen LogP contribution in [0.2, 0.25) is 0 Å². The molecule has 0 saturated heterocycles. The summed E-state index contributed by atoms with van der Waals surface area (Å²) in [5.74, 6) is 1.01. The number of rotatable bonds is 14. The first-order chi connectivity index (χ1) is 41.8. The third-order valence-electron chi connectivity index (χ3n) is 15.8. The highest BCUT2D eigenvalue weighted by Gasteiger charge is 2.31. The van der Waals surface area contributed by atoms with Crippen molar-refractivity contribution in [1.82, 2.24) is 15.0 Å². The van der Waals surface area contributed by atoms with Crippen molar-refractivity contribution >= 4 is 90.8 Å². The number of anilines is 1. The predicted octanol–water partition coefficient (Wildman–Crippen LogP) is 20.9. The molecule has 90 heavy (non-hydrogen) atoms. The molecule has 0 bridgehead atoms. The molecule has 9 aromatic rings. The van der Waals surface area contributed by atoms with Gasteiger partial charge in [-0.15, -0.1) is 0 Å². The summed E-state index contributed by atoms with van der Waals surface area (Å²) >= 11 is 5.49. The van der Waals surface area contributed by atoms with Crippen LogP contribution in [0.5, 0.6) is 0 Å². The third-order valence-corrected chi connectivity index (χ3v) is 15.9. The van der Waals surface area contributed by atoms with Gasteiger partial charge in [-0.1, -0.05) is 170 Å². The maximum absolute atomic E-state index is 11.1. The van der Waals surface area contributed by atoms with E-state index in [4.69, 9.17) is 30.6 Å². The lowest BCUT2D eigenvalue weighted by Gasteiger charge is -2.33. The zero-order chi connectivity index (χ0) is 66.5. The number of hydrogen-bond acceptors (Lipinski definition) is 11. The number of halogens is 1. The Morgan fingerprint density at radius 1 is 0.456 bits per heavy atom. The maximum Gasteiger partial charge on any atom is 0.238 e. The highest BCUT2D eigenvalue weighted by atomic mass is 35.5. The van der Waals surface area contributed by atoms with Gasteiger partial charge < -0.3 is 19.0 Å². The summed E-state index contributed by atoms with van der Waals surface area (Å²) in [6, 6.07) is 42.5. The van der Waals surface area contributed by atoms with Gasteiger partial charge in [-0.2, -0.15) is 15.8 Å². The van der Waals surface area contributed by atoms with Crippen molar-refractivity contribution < 1.29 is 18.0 Å². The Bertz CT molecular complexity index is 4180. The minimum absolute atomic E-state index is 0.0112. The third kappa shape index (κ3) is 18.2. The van der Waals surface area contributed by atoms with E-state index >= 15 is 0 Å². The highest BCUT2D eigenvalue weighted by molar-refractivity contribution is 6.63. The highest BCUT2D eigenvalue weighted by Crippen LogP contribution is 2.41. The van der Waals surface area contributed by atoms with E-state index in [1.807, 2.05) is 93.6 Å². The maximum atomic E-state index is 11.1. The number of allylic oxidation sites excluding steroid dienone is 3. The Labute approximate surface area is 538 Å². The number of nitrogens with zero attached hydrogens (tertiary/aromatic N) is 6. The van der Waals surface area contributed by atoms with Crippen molar-refractivity contribution in [3.05, 3.63) is 188 Å². The van der Waals surface area contributed by atoms with Gasteiger partial charge in [-0.25, -0.2) is 15.0 Å². The average Bonchev–Trinajstić information content (AvgIpc) is 1.75. The van der Waals surface area contributed by atoms with Crippen molar-refractivity contribution in [3.8, 4) is 18.2 Å². The van der Waals surface area contributed by atoms with E-state index in [-0.39, 0.29) is 38.9 Å². The molecule has 0 spiro atoms. The summed E-state index contributed by atoms with van der Waals surface area (Å²) in [5, 5.41) is 28.7. The quantitative estimate of drug-likeness (QED) is 0.0619. The van der Waals surface area contributed by atoms with Crippen molar-refractivity contribution in [2.45, 2.75) is 173 Å². The minimum atomic E-state index is -0.401. The van der Waals surface area contributed by atoms with Crippen LogP contribution in [-0.2, 0) is 27.5 Å². The van der Waals surface area contributed by atoms with Crippen LogP contribution in [0.25, 0.3) is 68.2 Å². The molecular formula is C78H88ClN7O4. The molecule has 3 aromatic heterocycles. The second kappa shape index (κ2) is 27.1. The summed E-state index contributed by atoms with van der Waals surface area (Å²) in [7, 11) is 0. The average molecular weight is 1220 g/mol. The summed E-state index contributed by atoms with van der Waals surface area (Å²) in [6.07, 6.45) is 8.73. The molecule has 0 radical (unpaired) electrons. The second-order valence-electron chi connectivity index (χ2n) is 29.7. The van der Waals surface area contributed by atoms with Crippen molar-refractivity contribution in [2.75, 3.05) is 5.73 Å². The van der Waals surface area contributed by atoms with Crippen LogP contribution < -0.4 is 5.73 Å². The molecule has 0 saturated carbocycles. The molecule has 9 rings (SSSR count). The van der Waals surface area contributed by atoms with E-state index in [9.17, 15) is 20.6 Å². The number of hydrogen-bond donors (Lipinski definition) is 1. The van der Waals surface area contributed by atoms with E-state index < -0.39 is 5.24 Å². The topological polar surface area (TPSA) is 193 Å². The van der Waals surface area contributed by atoms with Crippen molar-refractivity contribution in [3.63, 3.8) is 0 Å². The van der Waals surface area contributed by atoms with Gasteiger partial charge in [0.25, 0.3) is 0 Å². The Morgan fingerprint density at radius 2 is 0.778 bits per heavy atom. The zero-order valence-electron chi connectivity index (χ0n) is 56.2. The number of nitrogen functional groups attached to an aromatic ring is 1. The fraction of sp³-hybridized carbons (Fsp3) is 0.372. The lowest BCUT2D eigenvalue weighted by molar-refractivity contribution is -0.111. The molecule has 0 atom stereocenters. The predicted molar refractivity (Wildman–Crippen MR) is 371 cm³/mol. The summed E-state index contributed by atoms with van der Waals surface area (Å²) < 4.78 is 17.7. The first kappa shape index (κ1) is 68.7. The molecule has 0 aliphatic heterocycles. The first-order valence-corrected chi connectivity index (χ1v) is 31.0. The van der Waals surface area contributed by atoms with Gasteiger partial charge >= 0.3 is 0 Å². The standard InChI is InChI=1S/C27H29ClN2O2.C26H30N2O.C25H29N3O/c1-17-11-18(12-24(28)31)7-8-19(17)13-20(15-29)25-30-22-14-21(9-10-23(22)32-25)27(5,6)16-26(2,3)4;1-17-8-9-19(18(2)12-17)13-20(15-27)24-28-22-14-21(10-11-23(22)29-24)26(6,7)16-25(3,4)5;1-16-11-20(27)9-7-17(16)12-18(14-26)23-28-21-13-19(8-10-22(21)29-23)25(5,6)15-24(2,3)4/h7-11,13-14H,12,16H2,1-6H3;8-14H,16H2,1-7H3;7-13H,15,27H2,1-6H3/b2*20-13+;18-12+. The van der Waals surface area contributed by atoms with Crippen LogP contribution in [0.1, 0.15) is 202 Å². The lowest BCUT2D eigenvalue weighted by Crippen LogP contribution is -2.24. The molecule has 0 aliphatic carbocycles. The largest absolute Gasteiger partial charge is 0.435 e. The number of carbonyl (C=O) groups excluding carboxylic acids is 1. The van der Waals surface area contributed by atoms with Gasteiger partial charge in [0.05, 0.1) is 0 Å². The summed E-state index contributed by atoms with van der Waals surface area (Å²) in [5.41, 5.74) is 24.3. The van der Waals surface area contributed by atoms with Crippen LogP contribution in [0.15, 0.2) is 122 Å². The van der Waals surface area contributed by atoms with E-state index in [0.717, 1.165) is 74.8 Å². The SMILES string of the molecule is Cc1cc(CC(=O)Cl)ccc1/C=C(\C#N)c1nc2cc(C(C)(C)CC(C)(C)C)ccc2o1.Cc1cc(N)ccc1/C=C(\C#N)c1nc2cc(C(C)(C)CC(C)(C)C)ccc2o1.Cc1ccc(/C=C(\C#N)c2nc3cc(C(C)(C)CC(C)(C)C)ccc3o2)c(C)c1. The van der Waals surface area contributed by atoms with Gasteiger partial charge in [0.1, 0.15) is 51.5 Å². The molecule has 3 heterocycles. The lowest BCUT2D eigenvalue weighted by atomic mass is 9.72. The molecule has 0 aliphatic rings. The van der Waals surface area contributed by atoms with E-state index in [0.29, 0.717) is 56.8 Å². The van der Waals surface area contributed by atoms with Gasteiger partial charge in [0.2, 0.25) is 22.9 Å². The molecule has 11 nitrogen and oxygen atoms in total. The van der Waals surface area contributed by atoms with Crippen LogP contribution in [0.4, 0.5) is 5.69 Å². The molecule has 0 amide bonds. The smallest absolute Gasteiger partial charge is 0.238 e. The fourth-order valence-electron chi connectivity index (χ4n) is 12.6. The number of nitriles is 3. The molecule has 0 unspecified atom stereocenters. The number of fused-ring (bicyclic) bond motifs is 3. The fourth-order valence-corrected chi connectivity index (χ4v) is 12.7. The minimum Gasteiger partial charge on any atom is -0.435 e. The van der Waals surface area contributed by atoms with Crippen LogP contribution in [0.3, 0.4) is 0 Å². The molecule has 0 fully saturated rings. The summed E-state index contributed by atoms with van der Waals surface area (Å²) in [4.78, 5) is 25.0. The first-order valence-electron chi connectivity index (χ1n) is 30.7. The summed E-state index contributed by atoms with van der Waals surface area (Å²) in [6.45, 7) is 41.8. The molecule has 466 valence electrons.